The van der Waals surface area contributed by atoms with E-state index >= 15 is 0 Å². The summed E-state index contributed by atoms with van der Waals surface area (Å²) < 4.78 is 6.60. The van der Waals surface area contributed by atoms with Crippen LogP contribution in [0.5, 0.6) is 0 Å². The van der Waals surface area contributed by atoms with Gasteiger partial charge in [0.1, 0.15) is 20.7 Å². The number of hydrogen-bond acceptors (Lipinski definition) is 4. The minimum atomic E-state index is -0.179. The van der Waals surface area contributed by atoms with Crippen LogP contribution in [0, 0.1) is 0 Å². The lowest BCUT2D eigenvalue weighted by Crippen LogP contribution is -2.23. The van der Waals surface area contributed by atoms with Gasteiger partial charge in [0.15, 0.2) is 0 Å². The third kappa shape index (κ3) is 3.10. The summed E-state index contributed by atoms with van der Waals surface area (Å²) in [6.07, 6.45) is 2.37. The molecule has 3 nitrogen and oxygen atoms in total. The monoisotopic (exact) mass is 339 g/mol. The number of likely N-dealkylation sites (tertiary alicyclic amines) is 1. The number of hydrogen-bond donors (Lipinski definition) is 0. The Balaban J connectivity index is 1.82. The lowest BCUT2D eigenvalue weighted by Gasteiger charge is -2.17. The quantitative estimate of drug-likeness (QED) is 0.771. The second kappa shape index (κ2) is 6.38. The lowest BCUT2D eigenvalue weighted by molar-refractivity contribution is 0.538. The molecule has 21 heavy (non-hydrogen) atoms. The van der Waals surface area contributed by atoms with Gasteiger partial charge in [-0.2, -0.15) is 0 Å². The fourth-order valence-corrected chi connectivity index (χ4v) is 3.85. The van der Waals surface area contributed by atoms with Gasteiger partial charge in [0.25, 0.3) is 0 Å². The van der Waals surface area contributed by atoms with Crippen molar-refractivity contribution in [3.63, 3.8) is 0 Å². The molecule has 2 heterocycles. The molecule has 1 aliphatic rings. The first kappa shape index (κ1) is 14.9. The minimum Gasteiger partial charge on any atom is -0.458 e. The van der Waals surface area contributed by atoms with E-state index in [-0.39, 0.29) is 10.5 Å². The van der Waals surface area contributed by atoms with Gasteiger partial charge >= 0.3 is 0 Å². The zero-order valence-corrected chi connectivity index (χ0v) is 13.7. The van der Waals surface area contributed by atoms with Crippen molar-refractivity contribution in [2.75, 3.05) is 13.1 Å². The van der Waals surface area contributed by atoms with Gasteiger partial charge in [-0.3, -0.25) is 4.79 Å². The predicted molar refractivity (Wildman–Crippen MR) is 92.2 cm³/mol. The van der Waals surface area contributed by atoms with E-state index in [0.29, 0.717) is 22.5 Å². The van der Waals surface area contributed by atoms with Crippen LogP contribution < -0.4 is 5.43 Å². The molecular weight excluding hydrogens is 326 g/mol. The number of rotatable bonds is 2. The van der Waals surface area contributed by atoms with Crippen LogP contribution in [0.3, 0.4) is 0 Å². The number of thioether (sulfide) groups is 1. The van der Waals surface area contributed by atoms with Crippen molar-refractivity contribution < 1.29 is 4.42 Å². The summed E-state index contributed by atoms with van der Waals surface area (Å²) in [5.41, 5.74) is 0.385. The number of thiocarbonyl (C=S) groups is 1. The van der Waals surface area contributed by atoms with Crippen molar-refractivity contribution in [2.24, 2.45) is 0 Å². The van der Waals surface area contributed by atoms with Gasteiger partial charge < -0.3 is 9.32 Å². The summed E-state index contributed by atoms with van der Waals surface area (Å²) in [5.74, 6) is 0.973. The number of nitrogens with zero attached hydrogens (tertiary/aromatic N) is 1. The first-order chi connectivity index (χ1) is 10.2. The first-order valence-electron chi connectivity index (χ1n) is 6.79. The lowest BCUT2D eigenvalue weighted by atomic mass is 10.2. The highest BCUT2D eigenvalue weighted by Crippen LogP contribution is 2.25. The average Bonchev–Trinajstić information content (AvgIpc) is 3.03. The molecule has 3 rings (SSSR count). The SMILES string of the molecule is O=c1c(Cl)c(CSC(=S)N2CCCC2)oc2ccccc12. The molecule has 0 atom stereocenters. The van der Waals surface area contributed by atoms with Crippen LogP contribution in [0.4, 0.5) is 0 Å². The largest absolute Gasteiger partial charge is 0.458 e. The fourth-order valence-electron chi connectivity index (χ4n) is 2.38. The van der Waals surface area contributed by atoms with E-state index in [2.05, 4.69) is 4.90 Å². The molecule has 0 unspecified atom stereocenters. The molecule has 2 aromatic rings. The Labute approximate surface area is 137 Å². The zero-order valence-electron chi connectivity index (χ0n) is 11.3. The van der Waals surface area contributed by atoms with Crippen LogP contribution in [0.1, 0.15) is 18.6 Å². The summed E-state index contributed by atoms with van der Waals surface area (Å²) in [6, 6.07) is 7.14. The first-order valence-corrected chi connectivity index (χ1v) is 8.56. The summed E-state index contributed by atoms with van der Waals surface area (Å²) in [6.45, 7) is 2.03. The highest BCUT2D eigenvalue weighted by molar-refractivity contribution is 8.22. The molecule has 1 fully saturated rings. The molecule has 110 valence electrons. The molecular formula is C15H14ClNO2S2. The number of halogens is 1. The molecule has 0 N–H and O–H groups in total. The predicted octanol–water partition coefficient (Wildman–Crippen LogP) is 4.06. The summed E-state index contributed by atoms with van der Waals surface area (Å²) in [5, 5.41) is 0.670. The molecule has 0 spiro atoms. The summed E-state index contributed by atoms with van der Waals surface area (Å²) in [7, 11) is 0. The maximum absolute atomic E-state index is 12.2. The van der Waals surface area contributed by atoms with Gasteiger partial charge in [-0.05, 0) is 25.0 Å². The molecule has 0 amide bonds. The average molecular weight is 340 g/mol. The summed E-state index contributed by atoms with van der Waals surface area (Å²) in [4.78, 5) is 14.4. The van der Waals surface area contributed by atoms with Crippen LogP contribution in [0.15, 0.2) is 33.5 Å². The zero-order chi connectivity index (χ0) is 14.8. The Morgan fingerprint density at radius 2 is 2.05 bits per heavy atom. The molecule has 1 aromatic heterocycles. The summed E-state index contributed by atoms with van der Waals surface area (Å²) >= 11 is 13.0. The number of benzene rings is 1. The van der Waals surface area contributed by atoms with Crippen LogP contribution in [0.25, 0.3) is 11.0 Å². The minimum absolute atomic E-state index is 0.158. The topological polar surface area (TPSA) is 33.5 Å². The molecule has 6 heteroatoms. The van der Waals surface area contributed by atoms with Gasteiger partial charge in [0.05, 0.1) is 11.1 Å². The second-order valence-corrected chi connectivity index (χ2v) is 6.90. The number of fused-ring (bicyclic) bond motifs is 1. The van der Waals surface area contributed by atoms with Crippen molar-refractivity contribution in [3.05, 3.63) is 45.3 Å². The van der Waals surface area contributed by atoms with Crippen molar-refractivity contribution in [2.45, 2.75) is 18.6 Å². The molecule has 1 saturated heterocycles. The van der Waals surface area contributed by atoms with Crippen molar-refractivity contribution in [1.29, 1.82) is 0 Å². The van der Waals surface area contributed by atoms with E-state index in [1.54, 1.807) is 18.2 Å². The molecule has 0 radical (unpaired) electrons. The maximum atomic E-state index is 12.2. The van der Waals surface area contributed by atoms with Crippen molar-refractivity contribution >= 4 is 50.9 Å². The van der Waals surface area contributed by atoms with Gasteiger partial charge in [-0.1, -0.05) is 47.7 Å². The normalized spacial score (nSPS) is 14.8. The molecule has 0 bridgehead atoms. The van der Waals surface area contributed by atoms with Gasteiger partial charge in [-0.25, -0.2) is 0 Å². The Kier molecular flexibility index (Phi) is 4.52. The Bertz CT molecular complexity index is 738. The Hall–Kier alpha value is -1.04. The Morgan fingerprint density at radius 3 is 2.81 bits per heavy atom. The van der Waals surface area contributed by atoms with E-state index in [4.69, 9.17) is 28.2 Å². The van der Waals surface area contributed by atoms with Crippen LogP contribution in [0.2, 0.25) is 5.02 Å². The maximum Gasteiger partial charge on any atom is 0.211 e. The second-order valence-electron chi connectivity index (χ2n) is 4.91. The molecule has 1 aliphatic heterocycles. The third-order valence-electron chi connectivity index (χ3n) is 3.50. The van der Waals surface area contributed by atoms with E-state index in [1.807, 2.05) is 6.07 Å². The van der Waals surface area contributed by atoms with Gasteiger partial charge in [0.2, 0.25) is 5.43 Å². The van der Waals surface area contributed by atoms with E-state index in [1.165, 1.54) is 24.6 Å². The molecule has 1 aromatic carbocycles. The van der Waals surface area contributed by atoms with Crippen molar-refractivity contribution in [1.82, 2.24) is 4.90 Å². The van der Waals surface area contributed by atoms with Gasteiger partial charge in [0, 0.05) is 13.1 Å². The van der Waals surface area contributed by atoms with Crippen LogP contribution >= 0.6 is 35.6 Å². The standard InChI is InChI=1S/C15H14ClNO2S2/c16-13-12(9-21-15(20)17-7-3-4-8-17)19-11-6-2-1-5-10(11)14(13)18/h1-2,5-6H,3-4,7-9H2. The fraction of sp³-hybridized carbons (Fsp3) is 0.333. The van der Waals surface area contributed by atoms with Crippen LogP contribution in [-0.2, 0) is 5.75 Å². The molecule has 0 saturated carbocycles. The third-order valence-corrected chi connectivity index (χ3v) is 5.41. The van der Waals surface area contributed by atoms with Gasteiger partial charge in [-0.15, -0.1) is 0 Å². The number of para-hydroxylation sites is 1. The smallest absolute Gasteiger partial charge is 0.211 e. The van der Waals surface area contributed by atoms with Crippen molar-refractivity contribution in [3.8, 4) is 0 Å². The van der Waals surface area contributed by atoms with E-state index in [9.17, 15) is 4.79 Å². The Morgan fingerprint density at radius 1 is 1.33 bits per heavy atom. The van der Waals surface area contributed by atoms with E-state index in [0.717, 1.165) is 17.4 Å². The highest BCUT2D eigenvalue weighted by atomic mass is 35.5. The highest BCUT2D eigenvalue weighted by Gasteiger charge is 2.17. The van der Waals surface area contributed by atoms with E-state index < -0.39 is 0 Å². The molecule has 0 aliphatic carbocycles. The van der Waals surface area contributed by atoms with Crippen LogP contribution in [-0.4, -0.2) is 22.3 Å².